The van der Waals surface area contributed by atoms with E-state index in [0.717, 1.165) is 16.8 Å². The van der Waals surface area contributed by atoms with E-state index in [1.807, 2.05) is 32.0 Å². The molecular formula is C27H25ClN2O4. The Kier molecular flexibility index (Phi) is 6.44. The first kappa shape index (κ1) is 23.5. The normalized spacial score (nSPS) is 14.8. The SMILES string of the molecule is CC1=NN(c2ccc(C)c(C)c2)C(=O)C1=Cc1ccc(-c2ccc(Cl)c(C(=O)OC(C)C)c2)o1. The summed E-state index contributed by atoms with van der Waals surface area (Å²) in [5, 5.41) is 6.15. The van der Waals surface area contributed by atoms with E-state index in [1.54, 1.807) is 57.2 Å². The zero-order valence-electron chi connectivity index (χ0n) is 19.7. The van der Waals surface area contributed by atoms with Gasteiger partial charge < -0.3 is 9.15 Å². The molecule has 0 N–H and O–H groups in total. The molecule has 1 aliphatic rings. The molecule has 2 aromatic carbocycles. The number of furan rings is 1. The number of esters is 1. The van der Waals surface area contributed by atoms with Gasteiger partial charge in [0, 0.05) is 5.56 Å². The van der Waals surface area contributed by atoms with Gasteiger partial charge in [0.25, 0.3) is 5.91 Å². The topological polar surface area (TPSA) is 72.1 Å². The van der Waals surface area contributed by atoms with Gasteiger partial charge in [-0.2, -0.15) is 10.1 Å². The highest BCUT2D eigenvalue weighted by atomic mass is 35.5. The highest BCUT2D eigenvalue weighted by molar-refractivity contribution is 6.33. The number of carbonyl (C=O) groups excluding carboxylic acids is 2. The fourth-order valence-corrected chi connectivity index (χ4v) is 3.75. The average molecular weight is 477 g/mol. The van der Waals surface area contributed by atoms with Gasteiger partial charge in [0.05, 0.1) is 33.7 Å². The first-order chi connectivity index (χ1) is 16.1. The molecule has 0 aliphatic carbocycles. The number of nitrogens with zero attached hydrogens (tertiary/aromatic N) is 2. The zero-order chi connectivity index (χ0) is 24.6. The van der Waals surface area contributed by atoms with Crippen LogP contribution < -0.4 is 5.01 Å². The number of hydrazone groups is 1. The number of benzene rings is 2. The van der Waals surface area contributed by atoms with Gasteiger partial charge in [0.1, 0.15) is 11.5 Å². The van der Waals surface area contributed by atoms with Gasteiger partial charge in [-0.05, 0) is 94.3 Å². The molecule has 174 valence electrons. The maximum atomic E-state index is 13.1. The summed E-state index contributed by atoms with van der Waals surface area (Å²) in [6.45, 7) is 9.37. The summed E-state index contributed by atoms with van der Waals surface area (Å²) in [7, 11) is 0. The minimum Gasteiger partial charge on any atom is -0.459 e. The Morgan fingerprint density at radius 3 is 2.53 bits per heavy atom. The fourth-order valence-electron chi connectivity index (χ4n) is 3.56. The van der Waals surface area contributed by atoms with Crippen molar-refractivity contribution in [3.05, 3.63) is 81.6 Å². The molecule has 0 bridgehead atoms. The Bertz CT molecular complexity index is 1350. The maximum Gasteiger partial charge on any atom is 0.339 e. The molecule has 0 saturated heterocycles. The molecule has 34 heavy (non-hydrogen) atoms. The third-order valence-electron chi connectivity index (χ3n) is 5.52. The molecule has 0 fully saturated rings. The monoisotopic (exact) mass is 476 g/mol. The molecule has 6 nitrogen and oxygen atoms in total. The summed E-state index contributed by atoms with van der Waals surface area (Å²) in [4.78, 5) is 25.4. The summed E-state index contributed by atoms with van der Waals surface area (Å²) in [5.41, 5.74) is 4.95. The molecule has 0 radical (unpaired) electrons. The Morgan fingerprint density at radius 2 is 1.82 bits per heavy atom. The minimum atomic E-state index is -0.495. The zero-order valence-corrected chi connectivity index (χ0v) is 20.4. The van der Waals surface area contributed by atoms with Crippen molar-refractivity contribution >= 4 is 41.0 Å². The number of amides is 1. The third-order valence-corrected chi connectivity index (χ3v) is 5.85. The smallest absolute Gasteiger partial charge is 0.339 e. The van der Waals surface area contributed by atoms with Crippen molar-refractivity contribution < 1.29 is 18.7 Å². The molecule has 1 amide bonds. The molecule has 0 spiro atoms. The van der Waals surface area contributed by atoms with Crippen LogP contribution in [0.2, 0.25) is 5.02 Å². The van der Waals surface area contributed by atoms with Crippen LogP contribution in [0.1, 0.15) is 48.0 Å². The van der Waals surface area contributed by atoms with E-state index in [4.69, 9.17) is 20.8 Å². The minimum absolute atomic E-state index is 0.219. The summed E-state index contributed by atoms with van der Waals surface area (Å²) >= 11 is 6.20. The van der Waals surface area contributed by atoms with Crippen LogP contribution in [-0.4, -0.2) is 23.7 Å². The number of anilines is 1. The number of rotatable bonds is 5. The van der Waals surface area contributed by atoms with Crippen LogP contribution in [0.3, 0.4) is 0 Å². The number of hydrogen-bond acceptors (Lipinski definition) is 5. The number of hydrogen-bond donors (Lipinski definition) is 0. The number of halogens is 1. The van der Waals surface area contributed by atoms with E-state index in [0.29, 0.717) is 33.4 Å². The van der Waals surface area contributed by atoms with E-state index < -0.39 is 5.97 Å². The molecule has 1 aliphatic heterocycles. The lowest BCUT2D eigenvalue weighted by molar-refractivity contribution is -0.114. The maximum absolute atomic E-state index is 13.1. The Hall–Kier alpha value is -3.64. The van der Waals surface area contributed by atoms with Crippen molar-refractivity contribution in [3.8, 4) is 11.3 Å². The van der Waals surface area contributed by atoms with Gasteiger partial charge in [-0.25, -0.2) is 4.79 Å². The molecule has 0 saturated carbocycles. The predicted molar refractivity (Wildman–Crippen MR) is 134 cm³/mol. The molecule has 7 heteroatoms. The van der Waals surface area contributed by atoms with E-state index >= 15 is 0 Å². The molecule has 1 aromatic heterocycles. The first-order valence-electron chi connectivity index (χ1n) is 10.9. The highest BCUT2D eigenvalue weighted by Gasteiger charge is 2.29. The molecule has 3 aromatic rings. The second-order valence-corrected chi connectivity index (χ2v) is 8.89. The lowest BCUT2D eigenvalue weighted by Gasteiger charge is -2.13. The third kappa shape index (κ3) is 4.68. The highest BCUT2D eigenvalue weighted by Crippen LogP contribution is 2.30. The number of ether oxygens (including phenoxy) is 1. The van der Waals surface area contributed by atoms with Gasteiger partial charge in [-0.15, -0.1) is 0 Å². The largest absolute Gasteiger partial charge is 0.459 e. The van der Waals surface area contributed by atoms with E-state index in [1.165, 1.54) is 5.01 Å². The number of carbonyl (C=O) groups is 2. The Labute approximate surface area is 203 Å². The van der Waals surface area contributed by atoms with Crippen LogP contribution in [0.25, 0.3) is 17.4 Å². The molecule has 0 unspecified atom stereocenters. The van der Waals surface area contributed by atoms with Gasteiger partial charge in [-0.3, -0.25) is 4.79 Å². The predicted octanol–water partition coefficient (Wildman–Crippen LogP) is 6.59. The lowest BCUT2D eigenvalue weighted by Crippen LogP contribution is -2.21. The molecule has 2 heterocycles. The van der Waals surface area contributed by atoms with Gasteiger partial charge in [0.15, 0.2) is 0 Å². The van der Waals surface area contributed by atoms with Crippen molar-refractivity contribution in [1.29, 1.82) is 0 Å². The van der Waals surface area contributed by atoms with Gasteiger partial charge in [-0.1, -0.05) is 17.7 Å². The average Bonchev–Trinajstić information content (AvgIpc) is 3.36. The Balaban J connectivity index is 1.60. The second kappa shape index (κ2) is 9.31. The summed E-state index contributed by atoms with van der Waals surface area (Å²) in [6.07, 6.45) is 1.42. The van der Waals surface area contributed by atoms with Crippen LogP contribution in [0.15, 0.2) is 63.6 Å². The quantitative estimate of drug-likeness (QED) is 0.307. The van der Waals surface area contributed by atoms with Crippen molar-refractivity contribution in [2.45, 2.75) is 40.7 Å². The summed E-state index contributed by atoms with van der Waals surface area (Å²) < 4.78 is 11.2. The van der Waals surface area contributed by atoms with Gasteiger partial charge >= 0.3 is 5.97 Å². The van der Waals surface area contributed by atoms with E-state index in [9.17, 15) is 9.59 Å². The standard InChI is InChI=1S/C27H25ClN2O4/c1-15(2)33-27(32)23-13-19(7-10-24(23)28)25-11-9-21(34-25)14-22-18(5)29-30(26(22)31)20-8-6-16(3)17(4)12-20/h6-15H,1-5H3. The van der Waals surface area contributed by atoms with Gasteiger partial charge in [0.2, 0.25) is 0 Å². The van der Waals surface area contributed by atoms with Crippen molar-refractivity contribution in [2.24, 2.45) is 5.10 Å². The molecule has 0 atom stereocenters. The summed E-state index contributed by atoms with van der Waals surface area (Å²) in [5.74, 6) is 0.318. The van der Waals surface area contributed by atoms with E-state index in [2.05, 4.69) is 5.10 Å². The van der Waals surface area contributed by atoms with Crippen LogP contribution in [0, 0.1) is 13.8 Å². The number of aryl methyl sites for hydroxylation is 2. The van der Waals surface area contributed by atoms with Crippen LogP contribution in [-0.2, 0) is 9.53 Å². The van der Waals surface area contributed by atoms with Crippen LogP contribution >= 0.6 is 11.6 Å². The second-order valence-electron chi connectivity index (χ2n) is 8.48. The van der Waals surface area contributed by atoms with Crippen molar-refractivity contribution in [2.75, 3.05) is 5.01 Å². The fraction of sp³-hybridized carbons (Fsp3) is 0.222. The van der Waals surface area contributed by atoms with Crippen molar-refractivity contribution in [3.63, 3.8) is 0 Å². The first-order valence-corrected chi connectivity index (χ1v) is 11.3. The van der Waals surface area contributed by atoms with Crippen LogP contribution in [0.4, 0.5) is 5.69 Å². The molecular weight excluding hydrogens is 452 g/mol. The summed E-state index contributed by atoms with van der Waals surface area (Å²) in [6, 6.07) is 14.4. The molecule has 4 rings (SSSR count). The lowest BCUT2D eigenvalue weighted by atomic mass is 10.1. The van der Waals surface area contributed by atoms with E-state index in [-0.39, 0.29) is 17.6 Å². The Morgan fingerprint density at radius 1 is 1.06 bits per heavy atom. The van der Waals surface area contributed by atoms with Crippen LogP contribution in [0.5, 0.6) is 0 Å². The van der Waals surface area contributed by atoms with Crippen molar-refractivity contribution in [1.82, 2.24) is 0 Å².